The Hall–Kier alpha value is -2.47. The highest BCUT2D eigenvalue weighted by Gasteiger charge is 2.26. The molecule has 0 fully saturated rings. The molecule has 6 heteroatoms. The zero-order chi connectivity index (χ0) is 14.7. The van der Waals surface area contributed by atoms with Gasteiger partial charge in [-0.15, -0.1) is 0 Å². The summed E-state index contributed by atoms with van der Waals surface area (Å²) in [5, 5.41) is 0. The van der Waals surface area contributed by atoms with E-state index in [1.165, 1.54) is 7.11 Å². The summed E-state index contributed by atoms with van der Waals surface area (Å²) in [6.07, 6.45) is 2.04. The van der Waals surface area contributed by atoms with Gasteiger partial charge in [0.25, 0.3) is 0 Å². The lowest BCUT2D eigenvalue weighted by Gasteiger charge is -2.11. The lowest BCUT2D eigenvalue weighted by molar-refractivity contribution is -0.111. The molecule has 1 aliphatic rings. The number of Topliss-reactive ketones (excluding diaryl/α,β-unsaturated/α-hetero) is 1. The monoisotopic (exact) mass is 290 g/mol. The van der Waals surface area contributed by atoms with Gasteiger partial charge in [0.1, 0.15) is 10.6 Å². The molecule has 102 valence electrons. The van der Waals surface area contributed by atoms with Gasteiger partial charge in [0.15, 0.2) is 11.6 Å². The number of ether oxygens (including phenoxy) is 1. The summed E-state index contributed by atoms with van der Waals surface area (Å²) >= 11 is 0. The van der Waals surface area contributed by atoms with Gasteiger partial charge < -0.3 is 4.74 Å². The van der Waals surface area contributed by atoms with Crippen LogP contribution in [0.5, 0.6) is 0 Å². The third-order valence-electron chi connectivity index (χ3n) is 2.73. The Balaban J connectivity index is 2.51. The molecular weight excluding hydrogens is 280 g/mol. The van der Waals surface area contributed by atoms with Gasteiger partial charge in [-0.1, -0.05) is 30.3 Å². The van der Waals surface area contributed by atoms with Crippen molar-refractivity contribution in [2.75, 3.05) is 7.11 Å². The molecule has 1 aliphatic carbocycles. The van der Waals surface area contributed by atoms with Gasteiger partial charge in [-0.2, -0.15) is 8.42 Å². The molecule has 0 saturated heterocycles. The predicted molar refractivity (Wildman–Crippen MR) is 72.9 cm³/mol. The number of carbonyl (C=O) groups is 2. The van der Waals surface area contributed by atoms with Gasteiger partial charge in [-0.3, -0.25) is 9.59 Å². The van der Waals surface area contributed by atoms with E-state index in [0.717, 1.165) is 12.2 Å². The summed E-state index contributed by atoms with van der Waals surface area (Å²) in [7, 11) is -1.34. The average Bonchev–Trinajstić information content (AvgIpc) is 2.46. The number of benzene rings is 1. The molecule has 0 unspecified atom stereocenters. The predicted octanol–water partition coefficient (Wildman–Crippen LogP) is 0.960. The lowest BCUT2D eigenvalue weighted by Crippen LogP contribution is -2.20. The largest absolute Gasteiger partial charge is 0.495 e. The van der Waals surface area contributed by atoms with Gasteiger partial charge in [0.05, 0.1) is 12.7 Å². The summed E-state index contributed by atoms with van der Waals surface area (Å²) in [5.41, 5.74) is 0.119. The van der Waals surface area contributed by atoms with Crippen LogP contribution in [-0.2, 0) is 19.8 Å². The molecule has 0 bridgehead atoms. The Morgan fingerprint density at radius 1 is 1.10 bits per heavy atom. The quantitative estimate of drug-likeness (QED) is 0.471. The molecule has 1 aromatic carbocycles. The molecule has 20 heavy (non-hydrogen) atoms. The third kappa shape index (κ3) is 2.60. The van der Waals surface area contributed by atoms with Crippen LogP contribution in [0.2, 0.25) is 0 Å². The molecule has 0 aliphatic heterocycles. The van der Waals surface area contributed by atoms with E-state index in [0.29, 0.717) is 5.56 Å². The number of ketones is 2. The fourth-order valence-electron chi connectivity index (χ4n) is 1.75. The van der Waals surface area contributed by atoms with Gasteiger partial charge in [-0.25, -0.2) is 0 Å². The van der Waals surface area contributed by atoms with Crippen LogP contribution >= 0.6 is 0 Å². The summed E-state index contributed by atoms with van der Waals surface area (Å²) < 4.78 is 27.0. The minimum Gasteiger partial charge on any atom is -0.495 e. The summed E-state index contributed by atoms with van der Waals surface area (Å²) in [5.74, 6) is -1.18. The highest BCUT2D eigenvalue weighted by atomic mass is 32.2. The second-order valence-corrected chi connectivity index (χ2v) is 4.84. The molecule has 0 spiro atoms. The van der Waals surface area contributed by atoms with E-state index in [9.17, 15) is 18.0 Å². The Morgan fingerprint density at radius 2 is 1.75 bits per heavy atom. The van der Waals surface area contributed by atoms with Crippen molar-refractivity contribution in [3.63, 3.8) is 0 Å². The molecule has 0 N–H and O–H groups in total. The first-order valence-corrected chi connectivity index (χ1v) is 6.70. The first-order chi connectivity index (χ1) is 9.54. The second kappa shape index (κ2) is 5.66. The van der Waals surface area contributed by atoms with Crippen LogP contribution in [0, 0.1) is 0 Å². The van der Waals surface area contributed by atoms with Crippen molar-refractivity contribution in [3.8, 4) is 0 Å². The van der Waals surface area contributed by atoms with Crippen LogP contribution in [0.25, 0.3) is 0 Å². The van der Waals surface area contributed by atoms with Gasteiger partial charge in [-0.05, 0) is 6.08 Å². The van der Waals surface area contributed by atoms with Crippen molar-refractivity contribution in [1.29, 1.82) is 0 Å². The molecule has 0 heterocycles. The maximum atomic E-state index is 12.2. The molecule has 0 saturated carbocycles. The van der Waals surface area contributed by atoms with Crippen molar-refractivity contribution >= 4 is 26.7 Å². The Bertz CT molecular complexity index is 759. The number of carbonyl (C=O) groups excluding carboxylic acids is 2. The maximum Gasteiger partial charge on any atom is 0.225 e. The number of hydrogen-bond donors (Lipinski definition) is 0. The van der Waals surface area contributed by atoms with E-state index in [1.807, 2.05) is 0 Å². The summed E-state index contributed by atoms with van der Waals surface area (Å²) in [6.45, 7) is 0. The molecule has 2 rings (SSSR count). The van der Waals surface area contributed by atoms with Gasteiger partial charge in [0, 0.05) is 11.6 Å². The number of rotatable bonds is 3. The lowest BCUT2D eigenvalue weighted by atomic mass is 9.95. The van der Waals surface area contributed by atoms with Crippen LogP contribution in [0.3, 0.4) is 0 Å². The highest BCUT2D eigenvalue weighted by molar-refractivity contribution is 7.73. The Kier molecular flexibility index (Phi) is 3.95. The molecular formula is C14H10O5S. The number of hydrogen-bond acceptors (Lipinski definition) is 5. The minimum absolute atomic E-state index is 0.0760. The zero-order valence-electron chi connectivity index (χ0n) is 10.5. The second-order valence-electron chi connectivity index (χ2n) is 3.93. The summed E-state index contributed by atoms with van der Waals surface area (Å²) in [4.78, 5) is 23.9. The Labute approximate surface area is 116 Å². The highest BCUT2D eigenvalue weighted by Crippen LogP contribution is 2.17. The van der Waals surface area contributed by atoms with Crippen LogP contribution < -0.4 is 0 Å². The SMILES string of the molecule is COC1=CC(=O)C(C(=O)c2ccccc2)=CC1=S(=O)=O. The average molecular weight is 290 g/mol. The molecule has 0 amide bonds. The van der Waals surface area contributed by atoms with Crippen molar-refractivity contribution < 1.29 is 22.7 Å². The van der Waals surface area contributed by atoms with E-state index in [2.05, 4.69) is 0 Å². The van der Waals surface area contributed by atoms with Crippen LogP contribution in [0.1, 0.15) is 10.4 Å². The van der Waals surface area contributed by atoms with E-state index >= 15 is 0 Å². The van der Waals surface area contributed by atoms with E-state index in [-0.39, 0.29) is 16.2 Å². The molecule has 0 atom stereocenters. The van der Waals surface area contributed by atoms with Crippen molar-refractivity contribution in [3.05, 3.63) is 59.4 Å². The third-order valence-corrected chi connectivity index (χ3v) is 3.40. The molecule has 1 aromatic rings. The van der Waals surface area contributed by atoms with Crippen LogP contribution in [-0.4, -0.2) is 32.0 Å². The smallest absolute Gasteiger partial charge is 0.225 e. The standard InChI is InChI=1S/C14H10O5S/c1-19-12-8-11(15)10(7-13(12)20(17)18)14(16)9-5-3-2-4-6-9/h2-8H,1H3. The number of allylic oxidation sites excluding steroid dienone is 3. The molecule has 0 radical (unpaired) electrons. The first kappa shape index (κ1) is 14.0. The summed E-state index contributed by atoms with van der Waals surface area (Å²) in [6, 6.07) is 8.17. The van der Waals surface area contributed by atoms with E-state index < -0.39 is 21.9 Å². The van der Waals surface area contributed by atoms with Crippen molar-refractivity contribution in [2.45, 2.75) is 0 Å². The van der Waals surface area contributed by atoms with Gasteiger partial charge in [0.2, 0.25) is 10.3 Å². The fraction of sp³-hybridized carbons (Fsp3) is 0.0714. The van der Waals surface area contributed by atoms with Crippen molar-refractivity contribution in [2.24, 2.45) is 0 Å². The fourth-order valence-corrected chi connectivity index (χ4v) is 2.27. The Morgan fingerprint density at radius 3 is 2.30 bits per heavy atom. The molecule has 0 aromatic heterocycles. The van der Waals surface area contributed by atoms with Crippen LogP contribution in [0.15, 0.2) is 53.8 Å². The topological polar surface area (TPSA) is 77.5 Å². The first-order valence-electron chi connectivity index (χ1n) is 5.62. The van der Waals surface area contributed by atoms with Crippen molar-refractivity contribution in [1.82, 2.24) is 0 Å². The van der Waals surface area contributed by atoms with E-state index in [1.54, 1.807) is 30.3 Å². The normalized spacial score (nSPS) is 14.4. The molecule has 5 nitrogen and oxygen atoms in total. The minimum atomic E-state index is -2.60. The maximum absolute atomic E-state index is 12.2. The van der Waals surface area contributed by atoms with Crippen LogP contribution in [0.4, 0.5) is 0 Å². The number of methoxy groups -OCH3 is 1. The zero-order valence-corrected chi connectivity index (χ0v) is 11.3. The van der Waals surface area contributed by atoms with E-state index in [4.69, 9.17) is 4.74 Å². The van der Waals surface area contributed by atoms with Gasteiger partial charge >= 0.3 is 0 Å².